The summed E-state index contributed by atoms with van der Waals surface area (Å²) in [7, 11) is 1.77. The Hall–Kier alpha value is -2.07. The number of aryl methyl sites for hydroxylation is 1. The number of amides is 1. The summed E-state index contributed by atoms with van der Waals surface area (Å²) < 4.78 is 11.0. The molecule has 3 rings (SSSR count). The predicted octanol–water partition coefficient (Wildman–Crippen LogP) is 3.24. The van der Waals surface area contributed by atoms with E-state index >= 15 is 0 Å². The molecule has 0 saturated carbocycles. The van der Waals surface area contributed by atoms with E-state index in [1.54, 1.807) is 13.4 Å². The number of piperidine rings is 1. The molecule has 1 saturated heterocycles. The summed E-state index contributed by atoms with van der Waals surface area (Å²) in [5.74, 6) is 1.18. The maximum Gasteiger partial charge on any atom is 0.230 e. The zero-order valence-corrected chi connectivity index (χ0v) is 14.4. The van der Waals surface area contributed by atoms with Crippen molar-refractivity contribution < 1.29 is 13.9 Å². The van der Waals surface area contributed by atoms with Crippen LogP contribution >= 0.6 is 0 Å². The summed E-state index contributed by atoms with van der Waals surface area (Å²) in [6.07, 6.45) is 3.97. The SMILES string of the molecule is CO[C@H]1CCN(C(=O)Cc2ccco2)C[C@H]1Cc1cccc(C)c1. The first kappa shape index (κ1) is 16.8. The van der Waals surface area contributed by atoms with E-state index in [1.807, 2.05) is 17.0 Å². The number of benzene rings is 1. The maximum atomic E-state index is 12.5. The minimum Gasteiger partial charge on any atom is -0.469 e. The molecule has 2 atom stereocenters. The van der Waals surface area contributed by atoms with E-state index < -0.39 is 0 Å². The minimum atomic E-state index is 0.133. The first-order chi connectivity index (χ1) is 11.7. The molecule has 0 N–H and O–H groups in total. The van der Waals surface area contributed by atoms with Crippen LogP contribution in [-0.2, 0) is 22.4 Å². The van der Waals surface area contributed by atoms with E-state index in [1.165, 1.54) is 11.1 Å². The van der Waals surface area contributed by atoms with E-state index in [9.17, 15) is 4.79 Å². The van der Waals surface area contributed by atoms with Crippen LogP contribution in [0.5, 0.6) is 0 Å². The van der Waals surface area contributed by atoms with Gasteiger partial charge in [-0.1, -0.05) is 29.8 Å². The average Bonchev–Trinajstić information content (AvgIpc) is 3.08. The van der Waals surface area contributed by atoms with Crippen molar-refractivity contribution >= 4 is 5.91 Å². The summed E-state index contributed by atoms with van der Waals surface area (Å²) >= 11 is 0. The molecule has 2 aromatic rings. The van der Waals surface area contributed by atoms with Crippen LogP contribution in [0.25, 0.3) is 0 Å². The molecule has 2 heterocycles. The molecule has 0 spiro atoms. The van der Waals surface area contributed by atoms with Crippen molar-refractivity contribution in [1.29, 1.82) is 0 Å². The molecule has 4 heteroatoms. The zero-order valence-electron chi connectivity index (χ0n) is 14.4. The van der Waals surface area contributed by atoms with Gasteiger partial charge in [-0.05, 0) is 37.5 Å². The normalized spacial score (nSPS) is 21.0. The maximum absolute atomic E-state index is 12.5. The van der Waals surface area contributed by atoms with Crippen LogP contribution in [0.4, 0.5) is 0 Å². The lowest BCUT2D eigenvalue weighted by atomic mass is 9.88. The van der Waals surface area contributed by atoms with E-state index in [0.29, 0.717) is 12.3 Å². The van der Waals surface area contributed by atoms with Crippen molar-refractivity contribution in [3.8, 4) is 0 Å². The van der Waals surface area contributed by atoms with Crippen molar-refractivity contribution in [3.63, 3.8) is 0 Å². The fourth-order valence-electron chi connectivity index (χ4n) is 3.56. The highest BCUT2D eigenvalue weighted by Gasteiger charge is 2.31. The molecule has 0 radical (unpaired) electrons. The first-order valence-corrected chi connectivity index (χ1v) is 8.54. The second kappa shape index (κ2) is 7.67. The van der Waals surface area contributed by atoms with Gasteiger partial charge in [0.1, 0.15) is 5.76 Å². The van der Waals surface area contributed by atoms with Gasteiger partial charge in [0, 0.05) is 26.1 Å². The van der Waals surface area contributed by atoms with Crippen LogP contribution in [0.1, 0.15) is 23.3 Å². The Kier molecular flexibility index (Phi) is 5.36. The van der Waals surface area contributed by atoms with Crippen LogP contribution < -0.4 is 0 Å². The molecule has 0 unspecified atom stereocenters. The first-order valence-electron chi connectivity index (χ1n) is 8.54. The Balaban J connectivity index is 1.66. The highest BCUT2D eigenvalue weighted by Crippen LogP contribution is 2.24. The second-order valence-corrected chi connectivity index (χ2v) is 6.61. The van der Waals surface area contributed by atoms with Crippen molar-refractivity contribution in [2.24, 2.45) is 5.92 Å². The Morgan fingerprint density at radius 1 is 1.33 bits per heavy atom. The Morgan fingerprint density at radius 2 is 2.21 bits per heavy atom. The number of methoxy groups -OCH3 is 1. The van der Waals surface area contributed by atoms with Gasteiger partial charge in [-0.15, -0.1) is 0 Å². The third kappa shape index (κ3) is 4.06. The fraction of sp³-hybridized carbons (Fsp3) is 0.450. The molecular weight excluding hydrogens is 302 g/mol. The molecule has 0 aliphatic carbocycles. The molecular formula is C20H25NO3. The quantitative estimate of drug-likeness (QED) is 0.847. The van der Waals surface area contributed by atoms with Gasteiger partial charge >= 0.3 is 0 Å². The van der Waals surface area contributed by atoms with Crippen molar-refractivity contribution in [2.45, 2.75) is 32.3 Å². The molecule has 4 nitrogen and oxygen atoms in total. The van der Waals surface area contributed by atoms with Crippen molar-refractivity contribution in [2.75, 3.05) is 20.2 Å². The fourth-order valence-corrected chi connectivity index (χ4v) is 3.56. The van der Waals surface area contributed by atoms with Crippen molar-refractivity contribution in [1.82, 2.24) is 4.90 Å². The number of hydrogen-bond donors (Lipinski definition) is 0. The molecule has 1 aliphatic rings. The predicted molar refractivity (Wildman–Crippen MR) is 92.8 cm³/mol. The number of nitrogens with zero attached hydrogens (tertiary/aromatic N) is 1. The number of likely N-dealkylation sites (tertiary alicyclic amines) is 1. The molecule has 1 aromatic heterocycles. The van der Waals surface area contributed by atoms with Gasteiger partial charge in [0.25, 0.3) is 0 Å². The van der Waals surface area contributed by atoms with Crippen LogP contribution in [0.3, 0.4) is 0 Å². The highest BCUT2D eigenvalue weighted by molar-refractivity contribution is 5.78. The zero-order chi connectivity index (χ0) is 16.9. The van der Waals surface area contributed by atoms with Crippen molar-refractivity contribution in [3.05, 3.63) is 59.5 Å². The number of hydrogen-bond acceptors (Lipinski definition) is 3. The summed E-state index contributed by atoms with van der Waals surface area (Å²) in [5.41, 5.74) is 2.57. The number of furan rings is 1. The highest BCUT2D eigenvalue weighted by atomic mass is 16.5. The van der Waals surface area contributed by atoms with Gasteiger partial charge in [-0.3, -0.25) is 4.79 Å². The van der Waals surface area contributed by atoms with Gasteiger partial charge in [0.2, 0.25) is 5.91 Å². The van der Waals surface area contributed by atoms with Crippen LogP contribution in [-0.4, -0.2) is 37.1 Å². The van der Waals surface area contributed by atoms with Crippen LogP contribution in [0.2, 0.25) is 0 Å². The summed E-state index contributed by atoms with van der Waals surface area (Å²) in [4.78, 5) is 14.5. The lowest BCUT2D eigenvalue weighted by Crippen LogP contribution is -2.47. The average molecular weight is 327 g/mol. The van der Waals surface area contributed by atoms with Gasteiger partial charge in [-0.2, -0.15) is 0 Å². The molecule has 1 amide bonds. The number of rotatable bonds is 5. The van der Waals surface area contributed by atoms with Gasteiger partial charge in [-0.25, -0.2) is 0 Å². The molecule has 0 bridgehead atoms. The molecule has 1 aliphatic heterocycles. The monoisotopic (exact) mass is 327 g/mol. The minimum absolute atomic E-state index is 0.133. The molecule has 128 valence electrons. The van der Waals surface area contributed by atoms with E-state index in [4.69, 9.17) is 9.15 Å². The number of carbonyl (C=O) groups is 1. The van der Waals surface area contributed by atoms with Gasteiger partial charge in [0.05, 0.1) is 18.8 Å². The summed E-state index contributed by atoms with van der Waals surface area (Å²) in [5, 5.41) is 0. The molecule has 1 fully saturated rings. The molecule has 24 heavy (non-hydrogen) atoms. The van der Waals surface area contributed by atoms with Crippen LogP contribution in [0, 0.1) is 12.8 Å². The Morgan fingerprint density at radius 3 is 2.92 bits per heavy atom. The molecule has 1 aromatic carbocycles. The summed E-state index contributed by atoms with van der Waals surface area (Å²) in [6.45, 7) is 3.60. The van der Waals surface area contributed by atoms with Gasteiger partial charge < -0.3 is 14.1 Å². The number of carbonyl (C=O) groups excluding carboxylic acids is 1. The second-order valence-electron chi connectivity index (χ2n) is 6.61. The van der Waals surface area contributed by atoms with E-state index in [0.717, 1.165) is 31.7 Å². The lowest BCUT2D eigenvalue weighted by molar-refractivity contribution is -0.135. The standard InChI is InChI=1S/C20H25NO3/c1-15-5-3-6-16(11-15)12-17-14-21(9-8-19(17)23-2)20(22)13-18-7-4-10-24-18/h3-7,10-11,17,19H,8-9,12-14H2,1-2H3/t17-,19+/m1/s1. The lowest BCUT2D eigenvalue weighted by Gasteiger charge is -2.38. The largest absolute Gasteiger partial charge is 0.469 e. The topological polar surface area (TPSA) is 42.7 Å². The smallest absolute Gasteiger partial charge is 0.230 e. The van der Waals surface area contributed by atoms with Crippen LogP contribution in [0.15, 0.2) is 47.1 Å². The van der Waals surface area contributed by atoms with Gasteiger partial charge in [0.15, 0.2) is 0 Å². The Bertz CT molecular complexity index is 665. The van der Waals surface area contributed by atoms with E-state index in [-0.39, 0.29) is 12.0 Å². The third-order valence-corrected chi connectivity index (χ3v) is 4.81. The summed E-state index contributed by atoms with van der Waals surface area (Å²) in [6, 6.07) is 12.2. The third-order valence-electron chi connectivity index (χ3n) is 4.81. The van der Waals surface area contributed by atoms with E-state index in [2.05, 4.69) is 31.2 Å². The number of ether oxygens (including phenoxy) is 1. The Labute approximate surface area is 143 Å².